The molecule has 1 aliphatic heterocycles. The first-order valence-electron chi connectivity index (χ1n) is 10.3. The predicted molar refractivity (Wildman–Crippen MR) is 116 cm³/mol. The van der Waals surface area contributed by atoms with Crippen LogP contribution in [0.5, 0.6) is 0 Å². The summed E-state index contributed by atoms with van der Waals surface area (Å²) in [4.78, 5) is 13.7. The van der Waals surface area contributed by atoms with Crippen LogP contribution in [0.4, 0.5) is 5.69 Å². The van der Waals surface area contributed by atoms with Crippen molar-refractivity contribution in [3.8, 4) is 0 Å². The first-order valence-corrected chi connectivity index (χ1v) is 10.3. The summed E-state index contributed by atoms with van der Waals surface area (Å²) < 4.78 is 5.38. The van der Waals surface area contributed by atoms with E-state index in [1.807, 2.05) is 33.2 Å². The zero-order valence-electron chi connectivity index (χ0n) is 18.1. The number of cyclic esters (lactones) is 1. The number of allylic oxidation sites excluding steroid dienone is 2. The highest BCUT2D eigenvalue weighted by Crippen LogP contribution is 2.48. The van der Waals surface area contributed by atoms with Gasteiger partial charge in [0.25, 0.3) is 0 Å². The smallest absolute Gasteiger partial charge is 0.309 e. The van der Waals surface area contributed by atoms with Crippen LogP contribution in [0, 0.1) is 5.41 Å². The lowest BCUT2D eigenvalue weighted by Gasteiger charge is -2.42. The van der Waals surface area contributed by atoms with E-state index in [2.05, 4.69) is 43.0 Å². The van der Waals surface area contributed by atoms with Gasteiger partial charge >= 0.3 is 5.97 Å². The fourth-order valence-corrected chi connectivity index (χ4v) is 4.67. The molecule has 0 bridgehead atoms. The number of carbonyl (C=O) groups is 1. The zero-order valence-corrected chi connectivity index (χ0v) is 18.1. The molecule has 3 atom stereocenters. The number of ether oxygens (including phenoxy) is 1. The Morgan fingerprint density at radius 1 is 1.17 bits per heavy atom. The van der Waals surface area contributed by atoms with Crippen LogP contribution in [0.3, 0.4) is 0 Å². The Bertz CT molecular complexity index is 818. The number of rotatable bonds is 4. The van der Waals surface area contributed by atoms with E-state index in [0.29, 0.717) is 19.3 Å². The highest BCUT2D eigenvalue weighted by molar-refractivity contribution is 5.75. The highest BCUT2D eigenvalue weighted by Gasteiger charge is 2.40. The Morgan fingerprint density at radius 2 is 1.83 bits per heavy atom. The van der Waals surface area contributed by atoms with Gasteiger partial charge in [0, 0.05) is 32.6 Å². The molecule has 1 saturated heterocycles. The van der Waals surface area contributed by atoms with Gasteiger partial charge < -0.3 is 19.8 Å². The van der Waals surface area contributed by atoms with Gasteiger partial charge in [-0.15, -0.1) is 0 Å². The summed E-state index contributed by atoms with van der Waals surface area (Å²) in [5.74, 6) is -0.363. The van der Waals surface area contributed by atoms with Crippen LogP contribution in [0.15, 0.2) is 42.0 Å². The maximum absolute atomic E-state index is 11.7. The summed E-state index contributed by atoms with van der Waals surface area (Å²) in [5, 5.41) is 20.8. The molecule has 0 saturated carbocycles. The van der Waals surface area contributed by atoms with Gasteiger partial charge in [-0.25, -0.2) is 0 Å². The molecule has 0 amide bonds. The number of benzene rings is 1. The van der Waals surface area contributed by atoms with Crippen molar-refractivity contribution < 1.29 is 19.7 Å². The average Bonchev–Trinajstić information content (AvgIpc) is 2.58. The van der Waals surface area contributed by atoms with Crippen molar-refractivity contribution in [2.75, 3.05) is 19.0 Å². The lowest BCUT2D eigenvalue weighted by molar-refractivity contribution is -0.156. The molecule has 1 aliphatic carbocycles. The number of hydrogen-bond donors (Lipinski definition) is 2. The highest BCUT2D eigenvalue weighted by atomic mass is 16.5. The Balaban J connectivity index is 2.00. The first-order chi connectivity index (χ1) is 13.5. The van der Waals surface area contributed by atoms with E-state index in [1.54, 1.807) is 0 Å². The van der Waals surface area contributed by atoms with Crippen molar-refractivity contribution in [1.82, 2.24) is 0 Å². The molecule has 2 aliphatic rings. The van der Waals surface area contributed by atoms with Crippen LogP contribution in [0.2, 0.25) is 0 Å². The quantitative estimate of drug-likeness (QED) is 0.756. The van der Waals surface area contributed by atoms with Crippen molar-refractivity contribution in [2.24, 2.45) is 5.41 Å². The van der Waals surface area contributed by atoms with Gasteiger partial charge in [0.15, 0.2) is 0 Å². The summed E-state index contributed by atoms with van der Waals surface area (Å²) in [6, 6.07) is 8.36. The predicted octanol–water partition coefficient (Wildman–Crippen LogP) is 3.70. The average molecular weight is 400 g/mol. The summed E-state index contributed by atoms with van der Waals surface area (Å²) in [5.41, 5.74) is 3.42. The number of hydrogen-bond acceptors (Lipinski definition) is 5. The van der Waals surface area contributed by atoms with E-state index in [1.165, 1.54) is 0 Å². The zero-order chi connectivity index (χ0) is 21.4. The molecule has 29 heavy (non-hydrogen) atoms. The molecule has 2 N–H and O–H groups in total. The van der Waals surface area contributed by atoms with Crippen LogP contribution < -0.4 is 4.90 Å². The topological polar surface area (TPSA) is 70.0 Å². The molecule has 1 unspecified atom stereocenters. The van der Waals surface area contributed by atoms with Crippen molar-refractivity contribution in [1.29, 1.82) is 0 Å². The van der Waals surface area contributed by atoms with Crippen LogP contribution >= 0.6 is 0 Å². The fourth-order valence-electron chi connectivity index (χ4n) is 4.67. The maximum Gasteiger partial charge on any atom is 0.309 e. The van der Waals surface area contributed by atoms with Crippen molar-refractivity contribution >= 4 is 17.2 Å². The van der Waals surface area contributed by atoms with Crippen molar-refractivity contribution in [3.63, 3.8) is 0 Å². The molecule has 1 aromatic carbocycles. The van der Waals surface area contributed by atoms with Crippen LogP contribution in [0.1, 0.15) is 52.0 Å². The molecular formula is C24H33NO4. The standard InChI is InChI=1S/C24H33NO4/c1-23(2)15-24(3,28)14-20(16-6-8-17(9-7-16)25(4)5)21(23)11-10-19-12-18(26)13-22(27)29-19/h6-11,18-19,26,28H,12-15H2,1-5H3/t18-,19-,24?/m0/s1. The molecule has 3 rings (SSSR count). The van der Waals surface area contributed by atoms with Gasteiger partial charge in [-0.05, 0) is 53.7 Å². The lowest BCUT2D eigenvalue weighted by Crippen LogP contribution is -2.37. The molecule has 1 heterocycles. The minimum atomic E-state index is -0.788. The number of aliphatic hydroxyl groups excluding tert-OH is 1. The van der Waals surface area contributed by atoms with Crippen molar-refractivity contribution in [3.05, 3.63) is 47.6 Å². The van der Waals surface area contributed by atoms with E-state index in [4.69, 9.17) is 4.74 Å². The largest absolute Gasteiger partial charge is 0.458 e. The summed E-state index contributed by atoms with van der Waals surface area (Å²) in [6.45, 7) is 6.16. The molecule has 5 heteroatoms. The molecule has 1 aromatic rings. The maximum atomic E-state index is 11.7. The summed E-state index contributed by atoms with van der Waals surface area (Å²) in [6.07, 6.45) is 4.51. The van der Waals surface area contributed by atoms with E-state index >= 15 is 0 Å². The van der Waals surface area contributed by atoms with Gasteiger partial charge in [-0.2, -0.15) is 0 Å². The lowest BCUT2D eigenvalue weighted by atomic mass is 9.65. The van der Waals surface area contributed by atoms with E-state index < -0.39 is 17.8 Å². The molecule has 1 fully saturated rings. The number of carbonyl (C=O) groups excluding carboxylic acids is 1. The molecule has 0 spiro atoms. The van der Waals surface area contributed by atoms with Gasteiger partial charge in [0.1, 0.15) is 6.10 Å². The second-order valence-electron chi connectivity index (χ2n) is 9.55. The van der Waals surface area contributed by atoms with Gasteiger partial charge in [-0.1, -0.05) is 32.1 Å². The number of anilines is 1. The molecule has 0 aromatic heterocycles. The number of aliphatic hydroxyl groups is 2. The molecular weight excluding hydrogens is 366 g/mol. The SMILES string of the molecule is CN(C)c1ccc(C2=C(C=C[C@H]3C[C@H](O)CC(=O)O3)C(C)(C)CC(C)(O)C2)cc1. The Labute approximate surface area is 173 Å². The van der Waals surface area contributed by atoms with E-state index in [9.17, 15) is 15.0 Å². The fraction of sp³-hybridized carbons (Fsp3) is 0.542. The number of nitrogens with zero attached hydrogens (tertiary/aromatic N) is 1. The van der Waals surface area contributed by atoms with Gasteiger partial charge in [-0.3, -0.25) is 4.79 Å². The second-order valence-corrected chi connectivity index (χ2v) is 9.55. The third kappa shape index (κ3) is 5.09. The summed E-state index contributed by atoms with van der Waals surface area (Å²) >= 11 is 0. The molecule has 5 nitrogen and oxygen atoms in total. The minimum absolute atomic E-state index is 0.0604. The summed E-state index contributed by atoms with van der Waals surface area (Å²) in [7, 11) is 4.02. The Kier molecular flexibility index (Phi) is 5.93. The van der Waals surface area contributed by atoms with E-state index in [-0.39, 0.29) is 17.8 Å². The monoisotopic (exact) mass is 399 g/mol. The van der Waals surface area contributed by atoms with E-state index in [0.717, 1.165) is 22.4 Å². The second kappa shape index (κ2) is 7.96. The van der Waals surface area contributed by atoms with Gasteiger partial charge in [0.2, 0.25) is 0 Å². The van der Waals surface area contributed by atoms with Gasteiger partial charge in [0.05, 0.1) is 18.1 Å². The normalized spacial score (nSPS) is 29.8. The minimum Gasteiger partial charge on any atom is -0.458 e. The van der Waals surface area contributed by atoms with Crippen LogP contribution in [-0.4, -0.2) is 48.1 Å². The van der Waals surface area contributed by atoms with Crippen LogP contribution in [-0.2, 0) is 9.53 Å². The molecule has 158 valence electrons. The van der Waals surface area contributed by atoms with Crippen molar-refractivity contribution in [2.45, 2.75) is 64.3 Å². The first kappa shape index (κ1) is 21.6. The Hall–Kier alpha value is -2.11. The van der Waals surface area contributed by atoms with Crippen LogP contribution in [0.25, 0.3) is 5.57 Å². The third-order valence-corrected chi connectivity index (χ3v) is 5.83. The molecule has 0 radical (unpaired) electrons. The number of esters is 1. The third-order valence-electron chi connectivity index (χ3n) is 5.83. The Morgan fingerprint density at radius 3 is 2.41 bits per heavy atom.